The van der Waals surface area contributed by atoms with Gasteiger partial charge in [-0.3, -0.25) is 19.3 Å². The molecule has 0 bridgehead atoms. The van der Waals surface area contributed by atoms with Gasteiger partial charge in [-0.15, -0.1) is 0 Å². The first-order valence-electron chi connectivity index (χ1n) is 11.8. The summed E-state index contributed by atoms with van der Waals surface area (Å²) >= 11 is 0. The normalized spacial score (nSPS) is 13.5. The molecule has 1 aliphatic heterocycles. The maximum Gasteiger partial charge on any atom is 0.334 e. The number of benzene rings is 3. The van der Waals surface area contributed by atoms with E-state index in [2.05, 4.69) is 0 Å². The second kappa shape index (κ2) is 9.39. The largest absolute Gasteiger partial charge is 0.497 e. The first-order chi connectivity index (χ1) is 17.8. The van der Waals surface area contributed by atoms with Gasteiger partial charge in [0.05, 0.1) is 23.6 Å². The van der Waals surface area contributed by atoms with Gasteiger partial charge in [0.25, 0.3) is 11.8 Å². The lowest BCUT2D eigenvalue weighted by Crippen LogP contribution is -2.45. The van der Waals surface area contributed by atoms with E-state index in [9.17, 15) is 19.2 Å². The molecule has 0 fully saturated rings. The summed E-state index contributed by atoms with van der Waals surface area (Å²) < 4.78 is 16.9. The molecule has 2 heterocycles. The van der Waals surface area contributed by atoms with Crippen molar-refractivity contribution in [2.75, 3.05) is 7.11 Å². The van der Waals surface area contributed by atoms with Crippen molar-refractivity contribution >= 4 is 28.8 Å². The van der Waals surface area contributed by atoms with Crippen LogP contribution < -0.4 is 14.9 Å². The summed E-state index contributed by atoms with van der Waals surface area (Å²) in [4.78, 5) is 53.4. The molecule has 3 aromatic carbocycles. The molecule has 0 N–H and O–H groups in total. The van der Waals surface area contributed by atoms with Gasteiger partial charge in [-0.1, -0.05) is 25.1 Å². The third kappa shape index (κ3) is 4.06. The molecule has 1 aliphatic rings. The maximum absolute atomic E-state index is 13.6. The fraction of sp³-hybridized carbons (Fsp3) is 0.172. The molecule has 0 spiro atoms. The zero-order valence-corrected chi connectivity index (χ0v) is 20.4. The van der Waals surface area contributed by atoms with Crippen molar-refractivity contribution in [3.05, 3.63) is 93.6 Å². The average Bonchev–Trinajstić information content (AvgIpc) is 3.19. The number of rotatable bonds is 6. The highest BCUT2D eigenvalue weighted by Gasteiger charge is 2.41. The Morgan fingerprint density at radius 3 is 2.19 bits per heavy atom. The molecule has 4 aromatic rings. The molecule has 0 saturated heterocycles. The van der Waals surface area contributed by atoms with Gasteiger partial charge in [-0.25, -0.2) is 4.79 Å². The Balaban J connectivity index is 1.57. The summed E-state index contributed by atoms with van der Waals surface area (Å²) in [6.07, 6.45) is 0.696. The van der Waals surface area contributed by atoms with Gasteiger partial charge in [0, 0.05) is 5.56 Å². The first kappa shape index (κ1) is 24.0. The lowest BCUT2D eigenvalue weighted by atomic mass is 10.1. The van der Waals surface area contributed by atoms with Crippen LogP contribution in [0.15, 0.2) is 75.9 Å². The number of hydrogen-bond donors (Lipinski definition) is 0. The molecular weight excluding hydrogens is 474 g/mol. The number of nitrogens with zero attached hydrogens (tertiary/aromatic N) is 1. The Kier molecular flexibility index (Phi) is 6.09. The number of carbonyl (C=O) groups excluding carboxylic acids is 3. The molecular formula is C29H23NO7. The molecule has 186 valence electrons. The maximum atomic E-state index is 13.6. The lowest BCUT2D eigenvalue weighted by molar-refractivity contribution is -0.138. The highest BCUT2D eigenvalue weighted by molar-refractivity contribution is 6.22. The molecule has 2 amide bonds. The molecule has 0 saturated carbocycles. The van der Waals surface area contributed by atoms with Gasteiger partial charge in [0.15, 0.2) is 5.76 Å². The van der Waals surface area contributed by atoms with E-state index >= 15 is 0 Å². The lowest BCUT2D eigenvalue weighted by Gasteiger charge is -2.21. The van der Waals surface area contributed by atoms with Crippen LogP contribution in [0.1, 0.15) is 40.1 Å². The van der Waals surface area contributed by atoms with E-state index in [1.54, 1.807) is 48.5 Å². The van der Waals surface area contributed by atoms with E-state index in [0.717, 1.165) is 10.5 Å². The molecule has 1 aromatic heterocycles. The quantitative estimate of drug-likeness (QED) is 0.283. The van der Waals surface area contributed by atoms with Gasteiger partial charge in [-0.2, -0.15) is 0 Å². The highest BCUT2D eigenvalue weighted by Crippen LogP contribution is 2.33. The molecule has 8 heteroatoms. The van der Waals surface area contributed by atoms with Crippen LogP contribution >= 0.6 is 0 Å². The van der Waals surface area contributed by atoms with Crippen molar-refractivity contribution in [2.24, 2.45) is 0 Å². The third-order valence-electron chi connectivity index (χ3n) is 6.43. The SMILES string of the molecule is CCc1ccc2oc(-c3ccc(OC)cc3)c(OC(=O)[C@H](C)N3C(=O)c4ccccc4C3=O)c(=O)c2c1. The Morgan fingerprint density at radius 1 is 0.946 bits per heavy atom. The third-order valence-corrected chi connectivity index (χ3v) is 6.43. The summed E-state index contributed by atoms with van der Waals surface area (Å²) in [7, 11) is 1.53. The van der Waals surface area contributed by atoms with Crippen molar-refractivity contribution in [3.8, 4) is 22.8 Å². The topological polar surface area (TPSA) is 103 Å². The van der Waals surface area contributed by atoms with Gasteiger partial charge >= 0.3 is 5.97 Å². The number of ether oxygens (including phenoxy) is 2. The number of fused-ring (bicyclic) bond motifs is 2. The molecule has 1 atom stereocenters. The Labute approximate surface area is 212 Å². The number of aryl methyl sites for hydroxylation is 1. The number of hydrogen-bond acceptors (Lipinski definition) is 7. The van der Waals surface area contributed by atoms with Crippen molar-refractivity contribution < 1.29 is 28.3 Å². The van der Waals surface area contributed by atoms with E-state index in [1.807, 2.05) is 13.0 Å². The zero-order chi connectivity index (χ0) is 26.3. The molecule has 0 unspecified atom stereocenters. The monoisotopic (exact) mass is 497 g/mol. The number of imide groups is 1. The summed E-state index contributed by atoms with van der Waals surface area (Å²) in [5, 5.41) is 0.257. The Bertz CT molecular complexity index is 1580. The van der Waals surface area contributed by atoms with E-state index in [0.29, 0.717) is 23.3 Å². The Morgan fingerprint density at radius 2 is 1.59 bits per heavy atom. The summed E-state index contributed by atoms with van der Waals surface area (Å²) in [6.45, 7) is 3.34. The van der Waals surface area contributed by atoms with Crippen LogP contribution in [-0.2, 0) is 11.2 Å². The van der Waals surface area contributed by atoms with Crippen molar-refractivity contribution in [2.45, 2.75) is 26.3 Å². The molecule has 0 aliphatic carbocycles. The zero-order valence-electron chi connectivity index (χ0n) is 20.4. The summed E-state index contributed by atoms with van der Waals surface area (Å²) in [6, 6.07) is 17.0. The molecule has 37 heavy (non-hydrogen) atoms. The van der Waals surface area contributed by atoms with Crippen LogP contribution in [0.2, 0.25) is 0 Å². The van der Waals surface area contributed by atoms with E-state index in [-0.39, 0.29) is 28.0 Å². The number of esters is 1. The minimum Gasteiger partial charge on any atom is -0.497 e. The second-order valence-corrected chi connectivity index (χ2v) is 8.62. The molecule has 8 nitrogen and oxygen atoms in total. The summed E-state index contributed by atoms with van der Waals surface area (Å²) in [5.41, 5.74) is 1.61. The van der Waals surface area contributed by atoms with Crippen molar-refractivity contribution in [1.82, 2.24) is 4.90 Å². The van der Waals surface area contributed by atoms with Crippen LogP contribution in [0, 0.1) is 0 Å². The summed E-state index contributed by atoms with van der Waals surface area (Å²) in [5.74, 6) is -1.82. The van der Waals surface area contributed by atoms with Gasteiger partial charge < -0.3 is 13.9 Å². The van der Waals surface area contributed by atoms with Crippen LogP contribution in [0.3, 0.4) is 0 Å². The first-order valence-corrected chi connectivity index (χ1v) is 11.8. The minimum atomic E-state index is -1.28. The highest BCUT2D eigenvalue weighted by atomic mass is 16.5. The van der Waals surface area contributed by atoms with Crippen LogP contribution in [0.25, 0.3) is 22.3 Å². The van der Waals surface area contributed by atoms with Gasteiger partial charge in [-0.05, 0) is 67.4 Å². The fourth-order valence-corrected chi connectivity index (χ4v) is 4.32. The number of methoxy groups -OCH3 is 1. The van der Waals surface area contributed by atoms with Crippen molar-refractivity contribution in [1.29, 1.82) is 0 Å². The smallest absolute Gasteiger partial charge is 0.334 e. The molecule has 5 rings (SSSR count). The van der Waals surface area contributed by atoms with Crippen LogP contribution in [-0.4, -0.2) is 35.8 Å². The standard InChI is InChI=1S/C29H23NO7/c1-4-17-9-14-23-22(15-17)24(31)26(25(36-23)18-10-12-19(35-3)13-11-18)37-29(34)16(2)30-27(32)20-7-5-6-8-21(20)28(30)33/h5-16H,4H2,1-3H3/t16-/m0/s1. The minimum absolute atomic E-state index is 0.0484. The van der Waals surface area contributed by atoms with E-state index in [4.69, 9.17) is 13.9 Å². The van der Waals surface area contributed by atoms with Crippen molar-refractivity contribution in [3.63, 3.8) is 0 Å². The van der Waals surface area contributed by atoms with E-state index in [1.165, 1.54) is 26.2 Å². The molecule has 0 radical (unpaired) electrons. The average molecular weight is 498 g/mol. The predicted octanol–water partition coefficient (Wildman–Crippen LogP) is 4.62. The number of carbonyl (C=O) groups is 3. The number of amides is 2. The van der Waals surface area contributed by atoms with Gasteiger partial charge in [0.2, 0.25) is 11.2 Å². The second-order valence-electron chi connectivity index (χ2n) is 8.62. The van der Waals surface area contributed by atoms with Crippen LogP contribution in [0.5, 0.6) is 11.5 Å². The predicted molar refractivity (Wildman–Crippen MR) is 136 cm³/mol. The van der Waals surface area contributed by atoms with E-state index < -0.39 is 29.3 Å². The van der Waals surface area contributed by atoms with Crippen LogP contribution in [0.4, 0.5) is 0 Å². The Hall–Kier alpha value is -4.72. The fourth-order valence-electron chi connectivity index (χ4n) is 4.32. The van der Waals surface area contributed by atoms with Gasteiger partial charge in [0.1, 0.15) is 17.4 Å².